The predicted molar refractivity (Wildman–Crippen MR) is 80.0 cm³/mol. The van der Waals surface area contributed by atoms with Crippen LogP contribution in [0.5, 0.6) is 0 Å². The second-order valence-electron chi connectivity index (χ2n) is 5.50. The maximum atomic E-state index is 10.7. The summed E-state index contributed by atoms with van der Waals surface area (Å²) in [6, 6.07) is 1.88. The van der Waals surface area contributed by atoms with Gasteiger partial charge in [0.05, 0.1) is 24.3 Å². The van der Waals surface area contributed by atoms with E-state index in [-0.39, 0.29) is 5.54 Å². The molecule has 1 saturated heterocycles. The quantitative estimate of drug-likeness (QED) is 0.905. The van der Waals surface area contributed by atoms with E-state index in [1.807, 2.05) is 6.07 Å². The number of aromatic nitrogens is 1. The van der Waals surface area contributed by atoms with Gasteiger partial charge in [0, 0.05) is 37.4 Å². The van der Waals surface area contributed by atoms with E-state index in [4.69, 9.17) is 16.3 Å². The molecule has 1 aliphatic rings. The lowest BCUT2D eigenvalue weighted by Crippen LogP contribution is -2.58. The highest BCUT2D eigenvalue weighted by Gasteiger charge is 2.38. The van der Waals surface area contributed by atoms with Crippen molar-refractivity contribution in [3.8, 4) is 0 Å². The second-order valence-corrected chi connectivity index (χ2v) is 5.90. The van der Waals surface area contributed by atoms with E-state index in [1.165, 1.54) is 0 Å². The SMILES string of the molecule is CCC(C)(C(O)Cc1ccncc1Cl)N1CCOCC1. The van der Waals surface area contributed by atoms with Gasteiger partial charge in [0.15, 0.2) is 0 Å². The fourth-order valence-electron chi connectivity index (χ4n) is 2.74. The predicted octanol–water partition coefficient (Wildman–Crippen LogP) is 2.14. The summed E-state index contributed by atoms with van der Waals surface area (Å²) in [5, 5.41) is 11.4. The number of halogens is 1. The van der Waals surface area contributed by atoms with E-state index < -0.39 is 6.10 Å². The Morgan fingerprint density at radius 1 is 1.50 bits per heavy atom. The van der Waals surface area contributed by atoms with Gasteiger partial charge in [-0.25, -0.2) is 0 Å². The van der Waals surface area contributed by atoms with Crippen molar-refractivity contribution in [2.45, 2.75) is 38.3 Å². The molecule has 1 N–H and O–H groups in total. The molecule has 1 fully saturated rings. The van der Waals surface area contributed by atoms with Crippen LogP contribution in [-0.2, 0) is 11.2 Å². The maximum absolute atomic E-state index is 10.7. The number of rotatable bonds is 5. The van der Waals surface area contributed by atoms with E-state index in [0.717, 1.165) is 38.3 Å². The number of nitrogens with zero attached hydrogens (tertiary/aromatic N) is 2. The number of aliphatic hydroxyl groups is 1. The number of morpholine rings is 1. The van der Waals surface area contributed by atoms with Crippen LogP contribution < -0.4 is 0 Å². The topological polar surface area (TPSA) is 45.6 Å². The standard InChI is InChI=1S/C15H23ClN2O2/c1-3-15(2,18-6-8-20-9-7-18)14(19)10-12-4-5-17-11-13(12)16/h4-5,11,14,19H,3,6-10H2,1-2H3. The molecule has 0 bridgehead atoms. The minimum absolute atomic E-state index is 0.254. The molecule has 2 rings (SSSR count). The molecular formula is C15H23ClN2O2. The molecule has 0 aliphatic carbocycles. The van der Waals surface area contributed by atoms with Crippen LogP contribution in [0.2, 0.25) is 5.02 Å². The fraction of sp³-hybridized carbons (Fsp3) is 0.667. The molecule has 0 spiro atoms. The van der Waals surface area contributed by atoms with Gasteiger partial charge in [-0.2, -0.15) is 0 Å². The molecular weight excluding hydrogens is 276 g/mol. The van der Waals surface area contributed by atoms with Gasteiger partial charge in [-0.3, -0.25) is 9.88 Å². The molecule has 1 aromatic rings. The maximum Gasteiger partial charge on any atom is 0.0761 e. The fourth-order valence-corrected chi connectivity index (χ4v) is 2.94. The zero-order chi connectivity index (χ0) is 14.6. The molecule has 0 saturated carbocycles. The molecule has 4 nitrogen and oxygen atoms in total. The molecule has 20 heavy (non-hydrogen) atoms. The first kappa shape index (κ1) is 15.7. The molecule has 1 aliphatic heterocycles. The minimum atomic E-state index is -0.467. The highest BCUT2D eigenvalue weighted by atomic mass is 35.5. The van der Waals surface area contributed by atoms with E-state index in [1.54, 1.807) is 12.4 Å². The Labute approximate surface area is 125 Å². The molecule has 5 heteroatoms. The Morgan fingerprint density at radius 3 is 2.80 bits per heavy atom. The summed E-state index contributed by atoms with van der Waals surface area (Å²) in [6.07, 6.45) is 4.30. The highest BCUT2D eigenvalue weighted by molar-refractivity contribution is 6.31. The molecule has 0 amide bonds. The lowest BCUT2D eigenvalue weighted by molar-refractivity contribution is -0.0714. The summed E-state index contributed by atoms with van der Waals surface area (Å²) in [6.45, 7) is 7.44. The minimum Gasteiger partial charge on any atom is -0.391 e. The lowest BCUT2D eigenvalue weighted by atomic mass is 9.85. The molecule has 112 valence electrons. The lowest BCUT2D eigenvalue weighted by Gasteiger charge is -2.46. The largest absolute Gasteiger partial charge is 0.391 e. The number of hydrogen-bond donors (Lipinski definition) is 1. The van der Waals surface area contributed by atoms with Crippen molar-refractivity contribution in [2.24, 2.45) is 0 Å². The van der Waals surface area contributed by atoms with Gasteiger partial charge in [0.25, 0.3) is 0 Å². The third-order valence-corrected chi connectivity index (χ3v) is 4.78. The first-order valence-corrected chi connectivity index (χ1v) is 7.55. The van der Waals surface area contributed by atoms with Crippen LogP contribution in [0, 0.1) is 0 Å². The first-order chi connectivity index (χ1) is 9.58. The second kappa shape index (κ2) is 6.85. The van der Waals surface area contributed by atoms with E-state index in [0.29, 0.717) is 11.4 Å². The summed E-state index contributed by atoms with van der Waals surface area (Å²) < 4.78 is 5.40. The average Bonchev–Trinajstić information content (AvgIpc) is 2.49. The highest BCUT2D eigenvalue weighted by Crippen LogP contribution is 2.28. The van der Waals surface area contributed by atoms with Crippen molar-refractivity contribution in [2.75, 3.05) is 26.3 Å². The molecule has 2 unspecified atom stereocenters. The summed E-state index contributed by atoms with van der Waals surface area (Å²) in [7, 11) is 0. The van der Waals surface area contributed by atoms with Crippen LogP contribution in [0.1, 0.15) is 25.8 Å². The van der Waals surface area contributed by atoms with E-state index >= 15 is 0 Å². The van der Waals surface area contributed by atoms with Gasteiger partial charge < -0.3 is 9.84 Å². The van der Waals surface area contributed by atoms with Crippen molar-refractivity contribution >= 4 is 11.6 Å². The van der Waals surface area contributed by atoms with Crippen LogP contribution in [-0.4, -0.2) is 52.9 Å². The monoisotopic (exact) mass is 298 g/mol. The number of hydrogen-bond acceptors (Lipinski definition) is 4. The van der Waals surface area contributed by atoms with Gasteiger partial charge in [0.2, 0.25) is 0 Å². The summed E-state index contributed by atoms with van der Waals surface area (Å²) in [5.41, 5.74) is 0.693. The summed E-state index contributed by atoms with van der Waals surface area (Å²) in [4.78, 5) is 6.31. The molecule has 2 atom stereocenters. The van der Waals surface area contributed by atoms with Crippen molar-refractivity contribution in [3.05, 3.63) is 29.0 Å². The van der Waals surface area contributed by atoms with E-state index in [9.17, 15) is 5.11 Å². The van der Waals surface area contributed by atoms with Gasteiger partial charge in [-0.1, -0.05) is 18.5 Å². The van der Waals surface area contributed by atoms with Crippen LogP contribution in [0.25, 0.3) is 0 Å². The van der Waals surface area contributed by atoms with Crippen molar-refractivity contribution < 1.29 is 9.84 Å². The molecule has 0 aromatic carbocycles. The number of ether oxygens (including phenoxy) is 1. The van der Waals surface area contributed by atoms with Gasteiger partial charge >= 0.3 is 0 Å². The van der Waals surface area contributed by atoms with Gasteiger partial charge in [-0.05, 0) is 25.0 Å². The van der Waals surface area contributed by atoms with Crippen LogP contribution in [0.4, 0.5) is 0 Å². The van der Waals surface area contributed by atoms with Crippen molar-refractivity contribution in [1.29, 1.82) is 0 Å². The summed E-state index contributed by atoms with van der Waals surface area (Å²) >= 11 is 6.14. The number of aliphatic hydroxyl groups excluding tert-OH is 1. The Kier molecular flexibility index (Phi) is 5.38. The third-order valence-electron chi connectivity index (χ3n) is 4.44. The normalized spacial score (nSPS) is 21.4. The summed E-state index contributed by atoms with van der Waals surface area (Å²) in [5.74, 6) is 0. The molecule has 1 aromatic heterocycles. The zero-order valence-corrected chi connectivity index (χ0v) is 12.9. The van der Waals surface area contributed by atoms with Crippen LogP contribution in [0.15, 0.2) is 18.5 Å². The van der Waals surface area contributed by atoms with Crippen molar-refractivity contribution in [1.82, 2.24) is 9.88 Å². The van der Waals surface area contributed by atoms with Gasteiger partial charge in [-0.15, -0.1) is 0 Å². The Bertz CT molecular complexity index is 438. The van der Waals surface area contributed by atoms with Crippen LogP contribution in [0.3, 0.4) is 0 Å². The van der Waals surface area contributed by atoms with Crippen LogP contribution >= 0.6 is 11.6 Å². The third kappa shape index (κ3) is 3.31. The zero-order valence-electron chi connectivity index (χ0n) is 12.2. The molecule has 2 heterocycles. The molecule has 0 radical (unpaired) electrons. The Hall–Kier alpha value is -0.680. The van der Waals surface area contributed by atoms with E-state index in [2.05, 4.69) is 23.7 Å². The Morgan fingerprint density at radius 2 is 2.20 bits per heavy atom. The smallest absolute Gasteiger partial charge is 0.0761 e. The van der Waals surface area contributed by atoms with Gasteiger partial charge in [0.1, 0.15) is 0 Å². The first-order valence-electron chi connectivity index (χ1n) is 7.17. The average molecular weight is 299 g/mol. The number of pyridine rings is 1. The Balaban J connectivity index is 2.11. The van der Waals surface area contributed by atoms with Crippen molar-refractivity contribution in [3.63, 3.8) is 0 Å².